The van der Waals surface area contributed by atoms with Crippen LogP contribution in [0.15, 0.2) is 30.4 Å². The molecule has 1 saturated heterocycles. The van der Waals surface area contributed by atoms with Gasteiger partial charge in [-0.05, 0) is 56.7 Å². The number of hydrogen-bond donors (Lipinski definition) is 2. The number of aliphatic hydroxyl groups is 1. The van der Waals surface area contributed by atoms with Crippen molar-refractivity contribution in [2.75, 3.05) is 18.5 Å². The van der Waals surface area contributed by atoms with Gasteiger partial charge in [0.1, 0.15) is 6.04 Å². The van der Waals surface area contributed by atoms with Crippen molar-refractivity contribution in [3.8, 4) is 0 Å². The van der Waals surface area contributed by atoms with Crippen LogP contribution in [0.5, 0.6) is 0 Å². The van der Waals surface area contributed by atoms with Gasteiger partial charge in [-0.25, -0.2) is 0 Å². The Balaban J connectivity index is 2.05. The van der Waals surface area contributed by atoms with Gasteiger partial charge in [0.25, 0.3) is 0 Å². The van der Waals surface area contributed by atoms with Crippen molar-refractivity contribution in [1.82, 2.24) is 4.90 Å². The highest BCUT2D eigenvalue weighted by molar-refractivity contribution is 6.02. The number of hydrogen-bond acceptors (Lipinski definition) is 5. The Morgan fingerprint density at radius 2 is 1.91 bits per heavy atom. The summed E-state index contributed by atoms with van der Waals surface area (Å²) in [6, 6.07) is 4.51. The minimum Gasteiger partial charge on any atom is -0.466 e. The van der Waals surface area contributed by atoms with Gasteiger partial charge in [0.15, 0.2) is 0 Å². The number of fused-ring (bicyclic) bond motifs is 1. The molecule has 1 aliphatic carbocycles. The summed E-state index contributed by atoms with van der Waals surface area (Å²) in [4.78, 5) is 42.1. The van der Waals surface area contributed by atoms with Crippen molar-refractivity contribution in [2.24, 2.45) is 23.7 Å². The number of likely N-dealkylation sites (tertiary alicyclic amines) is 1. The molecule has 0 saturated carbocycles. The van der Waals surface area contributed by atoms with Crippen molar-refractivity contribution in [1.29, 1.82) is 0 Å². The van der Waals surface area contributed by atoms with Crippen LogP contribution in [0.25, 0.3) is 0 Å². The molecule has 1 aliphatic heterocycles. The number of allylic oxidation sites excluding steroid dienone is 1. The van der Waals surface area contributed by atoms with E-state index in [1.165, 1.54) is 4.90 Å². The molecule has 2 aliphatic rings. The number of nitrogens with one attached hydrogen (secondary N) is 1. The fraction of sp³-hybridized carbons (Fsp3) is 0.593. The quantitative estimate of drug-likeness (QED) is 0.425. The first-order valence-electron chi connectivity index (χ1n) is 12.4. The number of rotatable bonds is 9. The third kappa shape index (κ3) is 4.90. The van der Waals surface area contributed by atoms with Crippen LogP contribution in [0.3, 0.4) is 0 Å². The molecule has 0 spiro atoms. The van der Waals surface area contributed by atoms with E-state index in [9.17, 15) is 19.5 Å². The molecule has 0 radical (unpaired) electrons. The number of ether oxygens (including phenoxy) is 1. The lowest BCUT2D eigenvalue weighted by Crippen LogP contribution is -2.50. The molecule has 7 heteroatoms. The molecule has 3 rings (SSSR count). The molecule has 34 heavy (non-hydrogen) atoms. The fourth-order valence-corrected chi connectivity index (χ4v) is 5.50. The van der Waals surface area contributed by atoms with Crippen molar-refractivity contribution >= 4 is 23.5 Å². The summed E-state index contributed by atoms with van der Waals surface area (Å²) in [6.45, 7) is 9.55. The molecule has 186 valence electrons. The van der Waals surface area contributed by atoms with Gasteiger partial charge in [-0.3, -0.25) is 14.4 Å². The second-order valence-corrected chi connectivity index (χ2v) is 9.46. The van der Waals surface area contributed by atoms with Gasteiger partial charge in [-0.2, -0.15) is 0 Å². The van der Waals surface area contributed by atoms with Crippen LogP contribution in [-0.2, 0) is 19.1 Å². The molecule has 2 N–H and O–H groups in total. The number of carbonyl (C=O) groups excluding carboxylic acids is 3. The topological polar surface area (TPSA) is 95.9 Å². The van der Waals surface area contributed by atoms with E-state index in [2.05, 4.69) is 5.32 Å². The average Bonchev–Trinajstić information content (AvgIpc) is 3.10. The summed E-state index contributed by atoms with van der Waals surface area (Å²) < 4.78 is 5.39. The highest BCUT2D eigenvalue weighted by atomic mass is 16.5. The predicted octanol–water partition coefficient (Wildman–Crippen LogP) is 3.62. The van der Waals surface area contributed by atoms with E-state index in [4.69, 9.17) is 4.74 Å². The summed E-state index contributed by atoms with van der Waals surface area (Å²) in [5.41, 5.74) is 2.64. The number of benzene rings is 1. The van der Waals surface area contributed by atoms with Crippen LogP contribution >= 0.6 is 0 Å². The number of amides is 2. The lowest BCUT2D eigenvalue weighted by molar-refractivity contribution is -0.156. The summed E-state index contributed by atoms with van der Waals surface area (Å²) >= 11 is 0. The molecule has 1 aromatic carbocycles. The molecule has 7 nitrogen and oxygen atoms in total. The van der Waals surface area contributed by atoms with Gasteiger partial charge in [-0.15, -0.1) is 0 Å². The van der Waals surface area contributed by atoms with E-state index < -0.39 is 29.8 Å². The molecular weight excluding hydrogens is 432 g/mol. The first-order valence-corrected chi connectivity index (χ1v) is 12.4. The van der Waals surface area contributed by atoms with Gasteiger partial charge >= 0.3 is 5.97 Å². The Morgan fingerprint density at radius 3 is 2.53 bits per heavy atom. The summed E-state index contributed by atoms with van der Waals surface area (Å²) in [5.74, 6) is -2.86. The Labute approximate surface area is 202 Å². The zero-order valence-electron chi connectivity index (χ0n) is 20.9. The molecule has 0 aromatic heterocycles. The lowest BCUT2D eigenvalue weighted by Gasteiger charge is -2.34. The maximum absolute atomic E-state index is 13.8. The van der Waals surface area contributed by atoms with E-state index >= 15 is 0 Å². The lowest BCUT2D eigenvalue weighted by atomic mass is 9.69. The Morgan fingerprint density at radius 1 is 1.18 bits per heavy atom. The average molecular weight is 471 g/mol. The van der Waals surface area contributed by atoms with E-state index in [1.807, 2.05) is 58.0 Å². The highest BCUT2D eigenvalue weighted by Crippen LogP contribution is 2.46. The Bertz CT molecular complexity index is 939. The van der Waals surface area contributed by atoms with Crippen molar-refractivity contribution < 1.29 is 24.2 Å². The largest absolute Gasteiger partial charge is 0.466 e. The highest BCUT2D eigenvalue weighted by Gasteiger charge is 2.58. The Hall–Kier alpha value is -2.67. The summed E-state index contributed by atoms with van der Waals surface area (Å²) in [5, 5.41) is 13.1. The first-order chi connectivity index (χ1) is 16.3. The van der Waals surface area contributed by atoms with E-state index in [0.29, 0.717) is 12.1 Å². The SMILES string of the molecule is CCC[C@@H]1C=C[C@H]2[C@H](C(=O)N([C@@H](CC)CO)[C@@H]2C(=O)Nc2cc(C)ccc2C)[C@@H]1C(=O)OCC. The minimum atomic E-state index is -0.815. The Kier molecular flexibility index (Phi) is 8.52. The van der Waals surface area contributed by atoms with Crippen LogP contribution in [0, 0.1) is 37.5 Å². The van der Waals surface area contributed by atoms with E-state index in [0.717, 1.165) is 24.0 Å². The number of aryl methyl sites for hydroxylation is 2. The van der Waals surface area contributed by atoms with Gasteiger partial charge in [0.05, 0.1) is 31.1 Å². The smallest absolute Gasteiger partial charge is 0.310 e. The molecule has 1 heterocycles. The van der Waals surface area contributed by atoms with Gasteiger partial charge in [-0.1, -0.05) is 44.6 Å². The standard InChI is InChI=1S/C27H38N2O5/c1-6-9-18-12-13-20-23(22(18)27(33)34-8-3)26(32)29(19(7-2)15-30)24(20)25(31)28-21-14-16(4)10-11-17(21)5/h10-14,18-20,22-24,30H,6-9,15H2,1-5H3,(H,28,31)/t18-,19+,20+,22-,23+,24+/m1/s1. The van der Waals surface area contributed by atoms with Crippen LogP contribution in [0.1, 0.15) is 51.2 Å². The zero-order valence-corrected chi connectivity index (χ0v) is 20.9. The maximum atomic E-state index is 13.8. The van der Waals surface area contributed by atoms with Crippen molar-refractivity contribution in [3.63, 3.8) is 0 Å². The second kappa shape index (κ2) is 11.2. The minimum absolute atomic E-state index is 0.119. The van der Waals surface area contributed by atoms with Crippen molar-refractivity contribution in [3.05, 3.63) is 41.5 Å². The second-order valence-electron chi connectivity index (χ2n) is 9.46. The molecule has 1 fully saturated rings. The number of anilines is 1. The summed E-state index contributed by atoms with van der Waals surface area (Å²) in [7, 11) is 0. The van der Waals surface area contributed by atoms with Gasteiger partial charge < -0.3 is 20.1 Å². The molecule has 2 amide bonds. The number of nitrogens with zero attached hydrogens (tertiary/aromatic N) is 1. The van der Waals surface area contributed by atoms with E-state index in [-0.39, 0.29) is 36.9 Å². The zero-order chi connectivity index (χ0) is 25.0. The fourth-order valence-electron chi connectivity index (χ4n) is 5.50. The first kappa shape index (κ1) is 25.9. The number of carbonyl (C=O) groups is 3. The molecular formula is C27H38N2O5. The number of esters is 1. The van der Waals surface area contributed by atoms with Gasteiger partial charge in [0, 0.05) is 11.6 Å². The van der Waals surface area contributed by atoms with Crippen LogP contribution in [-0.4, -0.2) is 53.1 Å². The maximum Gasteiger partial charge on any atom is 0.310 e. The molecule has 1 aromatic rings. The van der Waals surface area contributed by atoms with Crippen LogP contribution < -0.4 is 5.32 Å². The predicted molar refractivity (Wildman–Crippen MR) is 131 cm³/mol. The van der Waals surface area contributed by atoms with Crippen LogP contribution in [0.4, 0.5) is 5.69 Å². The third-order valence-corrected chi connectivity index (χ3v) is 7.22. The van der Waals surface area contributed by atoms with Crippen LogP contribution in [0.2, 0.25) is 0 Å². The van der Waals surface area contributed by atoms with E-state index in [1.54, 1.807) is 6.92 Å². The molecule has 0 unspecified atom stereocenters. The monoisotopic (exact) mass is 470 g/mol. The summed E-state index contributed by atoms with van der Waals surface area (Å²) in [6.07, 6.45) is 6.05. The molecule has 0 bridgehead atoms. The third-order valence-electron chi connectivity index (χ3n) is 7.22. The van der Waals surface area contributed by atoms with Gasteiger partial charge in [0.2, 0.25) is 11.8 Å². The number of aliphatic hydroxyl groups excluding tert-OH is 1. The molecule has 6 atom stereocenters. The normalized spacial score (nSPS) is 26.8. The van der Waals surface area contributed by atoms with Crippen molar-refractivity contribution in [2.45, 2.75) is 66.0 Å².